The van der Waals surface area contributed by atoms with Crippen LogP contribution < -0.4 is 10.6 Å². The average Bonchev–Trinajstić information content (AvgIpc) is 2.72. The Morgan fingerprint density at radius 3 is 2.90 bits per heavy atom. The molecule has 0 aliphatic carbocycles. The quantitative estimate of drug-likeness (QED) is 0.666. The van der Waals surface area contributed by atoms with Gasteiger partial charge in [0.05, 0.1) is 6.20 Å². The van der Waals surface area contributed by atoms with Crippen molar-refractivity contribution in [3.63, 3.8) is 0 Å². The fourth-order valence-corrected chi connectivity index (χ4v) is 2.07. The largest absolute Gasteiger partial charge is 0.479 e. The second-order valence-electron chi connectivity index (χ2n) is 4.79. The minimum absolute atomic E-state index is 0.0782. The molecule has 1 atom stereocenters. The fraction of sp³-hybridized carbons (Fsp3) is 0.500. The third-order valence-electron chi connectivity index (χ3n) is 3.12. The first-order valence-electron chi connectivity index (χ1n) is 6.51. The first kappa shape index (κ1) is 14.8. The first-order chi connectivity index (χ1) is 9.97. The Hall–Kier alpha value is -2.58. The van der Waals surface area contributed by atoms with E-state index in [-0.39, 0.29) is 12.5 Å². The number of carboxylic acid groups (broad SMARTS) is 1. The summed E-state index contributed by atoms with van der Waals surface area (Å²) in [5.74, 6) is -1.44. The van der Waals surface area contributed by atoms with Crippen molar-refractivity contribution in [3.05, 3.63) is 18.0 Å². The van der Waals surface area contributed by atoms with Gasteiger partial charge in [0.1, 0.15) is 6.54 Å². The van der Waals surface area contributed by atoms with Crippen LogP contribution in [-0.4, -0.2) is 57.3 Å². The van der Waals surface area contributed by atoms with Crippen LogP contribution in [0, 0.1) is 0 Å². The molecule has 114 valence electrons. The number of amides is 3. The van der Waals surface area contributed by atoms with E-state index in [9.17, 15) is 19.5 Å². The van der Waals surface area contributed by atoms with Crippen LogP contribution in [0.3, 0.4) is 0 Å². The number of aromatic nitrogens is 2. The molecule has 1 aliphatic rings. The highest BCUT2D eigenvalue weighted by molar-refractivity contribution is 5.87. The van der Waals surface area contributed by atoms with Gasteiger partial charge in [0.2, 0.25) is 5.91 Å². The SMILES string of the molecule is Cn1cc(C(NC(=O)N2CCCNC(=O)C2)C(=O)O)cn1. The predicted molar refractivity (Wildman–Crippen MR) is 71.3 cm³/mol. The number of rotatable bonds is 3. The minimum Gasteiger partial charge on any atom is -0.479 e. The summed E-state index contributed by atoms with van der Waals surface area (Å²) in [7, 11) is 1.66. The third-order valence-corrected chi connectivity index (χ3v) is 3.12. The number of aliphatic carboxylic acids is 1. The van der Waals surface area contributed by atoms with Crippen LogP contribution in [-0.2, 0) is 16.6 Å². The Bertz CT molecular complexity index is 556. The molecule has 1 aromatic heterocycles. The summed E-state index contributed by atoms with van der Waals surface area (Å²) >= 11 is 0. The van der Waals surface area contributed by atoms with Gasteiger partial charge in [0.25, 0.3) is 0 Å². The molecule has 9 heteroatoms. The lowest BCUT2D eigenvalue weighted by Crippen LogP contribution is -2.46. The van der Waals surface area contributed by atoms with Crippen molar-refractivity contribution in [1.82, 2.24) is 25.3 Å². The van der Waals surface area contributed by atoms with Gasteiger partial charge in [-0.15, -0.1) is 0 Å². The van der Waals surface area contributed by atoms with Crippen molar-refractivity contribution in [3.8, 4) is 0 Å². The van der Waals surface area contributed by atoms with Crippen LogP contribution in [0.25, 0.3) is 0 Å². The van der Waals surface area contributed by atoms with Gasteiger partial charge in [-0.1, -0.05) is 0 Å². The van der Waals surface area contributed by atoms with Gasteiger partial charge < -0.3 is 20.6 Å². The topological polar surface area (TPSA) is 117 Å². The Kier molecular flexibility index (Phi) is 4.41. The van der Waals surface area contributed by atoms with Gasteiger partial charge in [0, 0.05) is 31.9 Å². The predicted octanol–water partition coefficient (Wildman–Crippen LogP) is -0.923. The van der Waals surface area contributed by atoms with Gasteiger partial charge in [-0.2, -0.15) is 5.10 Å². The summed E-state index contributed by atoms with van der Waals surface area (Å²) in [6, 6.07) is -1.78. The maximum atomic E-state index is 12.1. The normalized spacial score (nSPS) is 16.8. The van der Waals surface area contributed by atoms with Gasteiger partial charge in [-0.25, -0.2) is 9.59 Å². The zero-order chi connectivity index (χ0) is 15.4. The highest BCUT2D eigenvalue weighted by Crippen LogP contribution is 2.12. The molecule has 9 nitrogen and oxygen atoms in total. The molecular weight excluding hydrogens is 278 g/mol. The van der Waals surface area contributed by atoms with Crippen molar-refractivity contribution < 1.29 is 19.5 Å². The Balaban J connectivity index is 2.07. The van der Waals surface area contributed by atoms with E-state index in [1.807, 2.05) is 0 Å². The molecule has 1 saturated heterocycles. The molecule has 21 heavy (non-hydrogen) atoms. The molecule has 1 fully saturated rings. The molecule has 1 unspecified atom stereocenters. The van der Waals surface area contributed by atoms with Crippen molar-refractivity contribution >= 4 is 17.9 Å². The smallest absolute Gasteiger partial charge is 0.331 e. The Morgan fingerprint density at radius 1 is 1.52 bits per heavy atom. The molecule has 0 spiro atoms. The first-order valence-corrected chi connectivity index (χ1v) is 6.51. The summed E-state index contributed by atoms with van der Waals surface area (Å²) in [6.45, 7) is 0.822. The maximum absolute atomic E-state index is 12.1. The summed E-state index contributed by atoms with van der Waals surface area (Å²) < 4.78 is 1.46. The number of hydrogen-bond acceptors (Lipinski definition) is 4. The Morgan fingerprint density at radius 2 is 2.29 bits per heavy atom. The summed E-state index contributed by atoms with van der Waals surface area (Å²) in [6.07, 6.45) is 3.53. The van der Waals surface area contributed by atoms with Gasteiger partial charge >= 0.3 is 12.0 Å². The highest BCUT2D eigenvalue weighted by atomic mass is 16.4. The highest BCUT2D eigenvalue weighted by Gasteiger charge is 2.27. The lowest BCUT2D eigenvalue weighted by molar-refractivity contribution is -0.139. The number of nitrogens with zero attached hydrogens (tertiary/aromatic N) is 3. The van der Waals surface area contributed by atoms with E-state index in [0.29, 0.717) is 25.1 Å². The van der Waals surface area contributed by atoms with Crippen LogP contribution in [0.5, 0.6) is 0 Å². The van der Waals surface area contributed by atoms with E-state index >= 15 is 0 Å². The number of urea groups is 1. The van der Waals surface area contributed by atoms with Crippen molar-refractivity contribution in [2.24, 2.45) is 7.05 Å². The van der Waals surface area contributed by atoms with Gasteiger partial charge in [0.15, 0.2) is 6.04 Å². The molecule has 1 aliphatic heterocycles. The number of carboxylic acids is 1. The van der Waals surface area contributed by atoms with E-state index in [0.717, 1.165) is 0 Å². The molecule has 2 rings (SSSR count). The molecule has 0 radical (unpaired) electrons. The van der Waals surface area contributed by atoms with Gasteiger partial charge in [-0.05, 0) is 6.42 Å². The van der Waals surface area contributed by atoms with Crippen LogP contribution in [0.1, 0.15) is 18.0 Å². The number of hydrogen-bond donors (Lipinski definition) is 3. The van der Waals surface area contributed by atoms with Crippen LogP contribution in [0.2, 0.25) is 0 Å². The van der Waals surface area contributed by atoms with Crippen molar-refractivity contribution in [2.45, 2.75) is 12.5 Å². The lowest BCUT2D eigenvalue weighted by atomic mass is 10.1. The van der Waals surface area contributed by atoms with Crippen LogP contribution in [0.15, 0.2) is 12.4 Å². The summed E-state index contributed by atoms with van der Waals surface area (Å²) in [4.78, 5) is 36.2. The second-order valence-corrected chi connectivity index (χ2v) is 4.79. The number of carbonyl (C=O) groups excluding carboxylic acids is 2. The molecule has 3 N–H and O–H groups in total. The summed E-state index contributed by atoms with van der Waals surface area (Å²) in [5, 5.41) is 18.2. The fourth-order valence-electron chi connectivity index (χ4n) is 2.07. The monoisotopic (exact) mass is 295 g/mol. The molecule has 0 bridgehead atoms. The standard InChI is InChI=1S/C12H17N5O4/c1-16-6-8(5-14-16)10(11(19)20)15-12(21)17-4-2-3-13-9(18)7-17/h5-6,10H,2-4,7H2,1H3,(H,13,18)(H,15,21)(H,19,20). The number of carbonyl (C=O) groups is 3. The molecule has 1 aromatic rings. The number of aryl methyl sites for hydroxylation is 1. The van der Waals surface area contributed by atoms with E-state index in [1.54, 1.807) is 7.05 Å². The van der Waals surface area contributed by atoms with E-state index in [2.05, 4.69) is 15.7 Å². The van der Waals surface area contributed by atoms with E-state index in [1.165, 1.54) is 22.0 Å². The van der Waals surface area contributed by atoms with Gasteiger partial charge in [-0.3, -0.25) is 9.48 Å². The van der Waals surface area contributed by atoms with Crippen LogP contribution >= 0.6 is 0 Å². The Labute approximate surface area is 120 Å². The van der Waals surface area contributed by atoms with Crippen molar-refractivity contribution in [1.29, 1.82) is 0 Å². The van der Waals surface area contributed by atoms with E-state index in [4.69, 9.17) is 0 Å². The maximum Gasteiger partial charge on any atom is 0.331 e. The molecular formula is C12H17N5O4. The van der Waals surface area contributed by atoms with Crippen molar-refractivity contribution in [2.75, 3.05) is 19.6 Å². The molecule has 0 saturated carbocycles. The third kappa shape index (κ3) is 3.71. The second kappa shape index (κ2) is 6.25. The lowest BCUT2D eigenvalue weighted by Gasteiger charge is -2.22. The zero-order valence-electron chi connectivity index (χ0n) is 11.6. The number of nitrogens with one attached hydrogen (secondary N) is 2. The molecule has 2 heterocycles. The average molecular weight is 295 g/mol. The molecule has 0 aromatic carbocycles. The summed E-state index contributed by atoms with van der Waals surface area (Å²) in [5.41, 5.74) is 0.373. The molecule has 3 amide bonds. The zero-order valence-corrected chi connectivity index (χ0v) is 11.6. The van der Waals surface area contributed by atoms with Crippen LogP contribution in [0.4, 0.5) is 4.79 Å². The van der Waals surface area contributed by atoms with E-state index < -0.39 is 18.0 Å². The minimum atomic E-state index is -1.20.